The Kier molecular flexibility index (Phi) is 6.20. The molecule has 0 radical (unpaired) electrons. The quantitative estimate of drug-likeness (QED) is 0.404. The van der Waals surface area contributed by atoms with Crippen molar-refractivity contribution in [1.82, 2.24) is 0 Å². The average molecular weight is 242 g/mol. The number of carbonyl (C=O) groups is 2. The van der Waals surface area contributed by atoms with Gasteiger partial charge in [0.2, 0.25) is 12.6 Å². The van der Waals surface area contributed by atoms with E-state index in [1.807, 2.05) is 0 Å². The summed E-state index contributed by atoms with van der Waals surface area (Å²) in [7, 11) is 0. The van der Waals surface area contributed by atoms with E-state index in [0.29, 0.717) is 0 Å². The van der Waals surface area contributed by atoms with Crippen LogP contribution in [-0.2, 0) is 23.8 Å². The lowest BCUT2D eigenvalue weighted by atomic mass is 10.4. The Morgan fingerprint density at radius 3 is 1.41 bits per heavy atom. The topological polar surface area (TPSA) is 61.8 Å². The molecule has 0 aliphatic heterocycles. The van der Waals surface area contributed by atoms with Crippen LogP contribution >= 0.6 is 0 Å². The summed E-state index contributed by atoms with van der Waals surface area (Å²) < 4.78 is 14.8. The van der Waals surface area contributed by atoms with E-state index in [1.54, 1.807) is 0 Å². The summed E-state index contributed by atoms with van der Waals surface area (Å²) in [5.74, 6) is -1.12. The Labute approximate surface area is 101 Å². The minimum absolute atomic E-state index is 0.270. The third-order valence-corrected chi connectivity index (χ3v) is 1.63. The molecule has 5 nitrogen and oxygen atoms in total. The molecule has 0 N–H and O–H groups in total. The number of hydrogen-bond acceptors (Lipinski definition) is 5. The molecule has 17 heavy (non-hydrogen) atoms. The molecular weight excluding hydrogens is 224 g/mol. The van der Waals surface area contributed by atoms with Gasteiger partial charge in [0.25, 0.3) is 0 Å². The first-order valence-electron chi connectivity index (χ1n) is 5.12. The van der Waals surface area contributed by atoms with Crippen LogP contribution in [0.15, 0.2) is 24.3 Å². The molecule has 0 saturated heterocycles. The molecule has 0 aromatic carbocycles. The molecule has 0 aliphatic rings. The highest BCUT2D eigenvalue weighted by Gasteiger charge is 2.16. The summed E-state index contributed by atoms with van der Waals surface area (Å²) in [4.78, 5) is 22.3. The second kappa shape index (κ2) is 6.85. The van der Waals surface area contributed by atoms with E-state index >= 15 is 0 Å². The molecule has 0 bridgehead atoms. The lowest BCUT2D eigenvalue weighted by molar-refractivity contribution is -0.223. The molecule has 0 saturated carbocycles. The summed E-state index contributed by atoms with van der Waals surface area (Å²) in [5.41, 5.74) is 0.541. The lowest BCUT2D eigenvalue weighted by Crippen LogP contribution is -2.26. The lowest BCUT2D eigenvalue weighted by Gasteiger charge is -2.19. The fourth-order valence-corrected chi connectivity index (χ4v) is 0.828. The SMILES string of the molecule is C=C(C)C(=O)OC(C)OC(C)OC(=O)C(=C)C. The first kappa shape index (κ1) is 15.4. The van der Waals surface area contributed by atoms with E-state index in [-0.39, 0.29) is 11.1 Å². The van der Waals surface area contributed by atoms with Crippen LogP contribution in [0.4, 0.5) is 0 Å². The zero-order valence-corrected chi connectivity index (χ0v) is 10.6. The average Bonchev–Trinajstić information content (AvgIpc) is 2.16. The second-order valence-electron chi connectivity index (χ2n) is 3.64. The van der Waals surface area contributed by atoms with Crippen molar-refractivity contribution in [2.24, 2.45) is 0 Å². The zero-order valence-electron chi connectivity index (χ0n) is 10.6. The summed E-state index contributed by atoms with van der Waals surface area (Å²) in [6.45, 7) is 13.0. The van der Waals surface area contributed by atoms with Gasteiger partial charge >= 0.3 is 11.9 Å². The maximum Gasteiger partial charge on any atom is 0.335 e. The van der Waals surface area contributed by atoms with Gasteiger partial charge in [0, 0.05) is 11.1 Å². The molecule has 0 aromatic rings. The molecule has 0 rings (SSSR count). The molecule has 96 valence electrons. The van der Waals surface area contributed by atoms with E-state index in [1.165, 1.54) is 27.7 Å². The van der Waals surface area contributed by atoms with Gasteiger partial charge in [0.05, 0.1) is 0 Å². The largest absolute Gasteiger partial charge is 0.433 e. The number of esters is 2. The number of hydrogen-bond donors (Lipinski definition) is 0. The van der Waals surface area contributed by atoms with Crippen molar-refractivity contribution < 1.29 is 23.8 Å². The van der Waals surface area contributed by atoms with Crippen molar-refractivity contribution in [2.45, 2.75) is 40.3 Å². The van der Waals surface area contributed by atoms with E-state index in [9.17, 15) is 9.59 Å². The predicted octanol–water partition coefficient (Wildman–Crippen LogP) is 1.93. The summed E-state index contributed by atoms with van der Waals surface area (Å²) in [5, 5.41) is 0. The van der Waals surface area contributed by atoms with Gasteiger partial charge in [-0.3, -0.25) is 0 Å². The Bertz CT molecular complexity index is 300. The Hall–Kier alpha value is -1.62. The van der Waals surface area contributed by atoms with Gasteiger partial charge in [-0.1, -0.05) is 13.2 Å². The molecule has 0 aromatic heterocycles. The maximum absolute atomic E-state index is 11.1. The minimum Gasteiger partial charge on any atom is -0.433 e. The van der Waals surface area contributed by atoms with Crippen molar-refractivity contribution in [2.75, 3.05) is 0 Å². The molecule has 0 aliphatic carbocycles. The minimum atomic E-state index is -0.827. The van der Waals surface area contributed by atoms with Gasteiger partial charge in [0.1, 0.15) is 0 Å². The molecule has 0 fully saturated rings. The standard InChI is InChI=1S/C12H18O5/c1-7(2)11(13)16-9(5)15-10(6)17-12(14)8(3)4/h9-10H,1,3H2,2,4-6H3. The Morgan fingerprint density at radius 1 is 0.882 bits per heavy atom. The van der Waals surface area contributed by atoms with E-state index in [2.05, 4.69) is 13.2 Å². The van der Waals surface area contributed by atoms with Gasteiger partial charge in [-0.25, -0.2) is 9.59 Å². The van der Waals surface area contributed by atoms with Crippen LogP contribution < -0.4 is 0 Å². The Morgan fingerprint density at radius 2 is 1.18 bits per heavy atom. The fraction of sp³-hybridized carbons (Fsp3) is 0.500. The van der Waals surface area contributed by atoms with Crippen molar-refractivity contribution in [1.29, 1.82) is 0 Å². The maximum atomic E-state index is 11.1. The van der Waals surface area contributed by atoms with Crippen LogP contribution in [0.5, 0.6) is 0 Å². The third kappa shape index (κ3) is 6.52. The first-order chi connectivity index (χ1) is 7.73. The highest BCUT2D eigenvalue weighted by molar-refractivity contribution is 5.87. The van der Waals surface area contributed by atoms with Gasteiger partial charge < -0.3 is 14.2 Å². The van der Waals surface area contributed by atoms with Gasteiger partial charge in [-0.05, 0) is 27.7 Å². The van der Waals surface area contributed by atoms with Crippen molar-refractivity contribution in [3.05, 3.63) is 24.3 Å². The monoisotopic (exact) mass is 242 g/mol. The summed E-state index contributed by atoms with van der Waals surface area (Å²) in [6, 6.07) is 0. The molecular formula is C12H18O5. The molecule has 0 heterocycles. The molecule has 2 atom stereocenters. The number of carbonyl (C=O) groups excluding carboxylic acids is 2. The first-order valence-corrected chi connectivity index (χ1v) is 5.12. The van der Waals surface area contributed by atoms with Crippen LogP contribution in [0.1, 0.15) is 27.7 Å². The molecule has 2 unspecified atom stereocenters. The van der Waals surface area contributed by atoms with Gasteiger partial charge in [-0.2, -0.15) is 0 Å². The Balaban J connectivity index is 4.08. The van der Waals surface area contributed by atoms with Crippen molar-refractivity contribution in [3.8, 4) is 0 Å². The second-order valence-corrected chi connectivity index (χ2v) is 3.64. The fourth-order valence-electron chi connectivity index (χ4n) is 0.828. The van der Waals surface area contributed by atoms with Crippen molar-refractivity contribution in [3.63, 3.8) is 0 Å². The summed E-state index contributed by atoms with van der Waals surface area (Å²) >= 11 is 0. The van der Waals surface area contributed by atoms with Gasteiger partial charge in [-0.15, -0.1) is 0 Å². The highest BCUT2D eigenvalue weighted by atomic mass is 16.8. The predicted molar refractivity (Wildman–Crippen MR) is 61.8 cm³/mol. The normalized spacial score (nSPS) is 13.4. The molecule has 5 heteroatoms. The number of rotatable bonds is 6. The summed E-state index contributed by atoms with van der Waals surface area (Å²) in [6.07, 6.45) is -1.65. The third-order valence-electron chi connectivity index (χ3n) is 1.63. The van der Waals surface area contributed by atoms with Crippen LogP contribution in [0.2, 0.25) is 0 Å². The van der Waals surface area contributed by atoms with Crippen LogP contribution in [0.25, 0.3) is 0 Å². The van der Waals surface area contributed by atoms with E-state index in [4.69, 9.17) is 14.2 Å². The molecule has 0 amide bonds. The van der Waals surface area contributed by atoms with Crippen LogP contribution in [0.3, 0.4) is 0 Å². The number of ether oxygens (including phenoxy) is 3. The van der Waals surface area contributed by atoms with E-state index < -0.39 is 24.5 Å². The van der Waals surface area contributed by atoms with Crippen molar-refractivity contribution >= 4 is 11.9 Å². The van der Waals surface area contributed by atoms with Gasteiger partial charge in [0.15, 0.2) is 0 Å². The molecule has 0 spiro atoms. The van der Waals surface area contributed by atoms with Crippen LogP contribution in [-0.4, -0.2) is 24.5 Å². The van der Waals surface area contributed by atoms with E-state index in [0.717, 1.165) is 0 Å². The smallest absolute Gasteiger partial charge is 0.335 e. The zero-order chi connectivity index (χ0) is 13.6. The highest BCUT2D eigenvalue weighted by Crippen LogP contribution is 2.06. The van der Waals surface area contributed by atoms with Crippen LogP contribution in [0, 0.1) is 0 Å².